The molecule has 2 rings (SSSR count). The molecule has 0 fully saturated rings. The quantitative estimate of drug-likeness (QED) is 0.641. The van der Waals surface area contributed by atoms with Crippen LogP contribution in [0.15, 0.2) is 23.2 Å². The monoisotopic (exact) mass is 163 g/mol. The number of nitrogens with zero attached hydrogens (tertiary/aromatic N) is 4. The van der Waals surface area contributed by atoms with Crippen molar-refractivity contribution >= 4 is 5.82 Å². The van der Waals surface area contributed by atoms with Crippen LogP contribution in [-0.2, 0) is 0 Å². The zero-order valence-corrected chi connectivity index (χ0v) is 6.01. The van der Waals surface area contributed by atoms with Gasteiger partial charge in [0.1, 0.15) is 0 Å². The van der Waals surface area contributed by atoms with Crippen molar-refractivity contribution in [1.29, 1.82) is 0 Å². The fraction of sp³-hybridized carbons (Fsp3) is 0. The first-order valence-corrected chi connectivity index (χ1v) is 3.21. The molecule has 12 heavy (non-hydrogen) atoms. The van der Waals surface area contributed by atoms with Crippen molar-refractivity contribution in [3.05, 3.63) is 18.7 Å². The molecule has 0 saturated carbocycles. The Morgan fingerprint density at radius 1 is 1.17 bits per heavy atom. The van der Waals surface area contributed by atoms with E-state index in [0.29, 0.717) is 5.69 Å². The third-order valence-electron chi connectivity index (χ3n) is 1.29. The minimum Gasteiger partial charge on any atom is -0.382 e. The van der Waals surface area contributed by atoms with Crippen LogP contribution >= 0.6 is 0 Å². The second-order valence-corrected chi connectivity index (χ2v) is 2.04. The van der Waals surface area contributed by atoms with Crippen molar-refractivity contribution in [3.63, 3.8) is 0 Å². The molecule has 0 spiro atoms. The van der Waals surface area contributed by atoms with Gasteiger partial charge in [-0.1, -0.05) is 5.16 Å². The predicted molar refractivity (Wildman–Crippen MR) is 39.7 cm³/mol. The molecule has 60 valence electrons. The minimum atomic E-state index is 0.278. The van der Waals surface area contributed by atoms with Gasteiger partial charge >= 0.3 is 0 Å². The van der Waals surface area contributed by atoms with Gasteiger partial charge in [0.25, 0.3) is 5.89 Å². The Bertz CT molecular complexity index is 371. The number of hydrogen-bond acceptors (Lipinski definition) is 6. The van der Waals surface area contributed by atoms with E-state index in [9.17, 15) is 0 Å². The molecular formula is C6H5N5O. The van der Waals surface area contributed by atoms with Crippen LogP contribution in [0, 0.1) is 0 Å². The van der Waals surface area contributed by atoms with Gasteiger partial charge in [-0.25, -0.2) is 9.97 Å². The fourth-order valence-corrected chi connectivity index (χ4v) is 0.791. The maximum absolute atomic E-state index is 5.51. The van der Waals surface area contributed by atoms with Crippen molar-refractivity contribution in [1.82, 2.24) is 20.1 Å². The van der Waals surface area contributed by atoms with Crippen LogP contribution in [0.3, 0.4) is 0 Å². The zero-order valence-electron chi connectivity index (χ0n) is 6.01. The molecule has 2 aromatic rings. The summed E-state index contributed by atoms with van der Waals surface area (Å²) in [7, 11) is 0. The van der Waals surface area contributed by atoms with Crippen molar-refractivity contribution in [2.45, 2.75) is 0 Å². The van der Waals surface area contributed by atoms with Crippen molar-refractivity contribution < 1.29 is 4.52 Å². The number of anilines is 1. The van der Waals surface area contributed by atoms with Crippen LogP contribution in [0.5, 0.6) is 0 Å². The lowest BCUT2D eigenvalue weighted by Crippen LogP contribution is -1.95. The summed E-state index contributed by atoms with van der Waals surface area (Å²) in [6, 6.07) is 0. The number of nitrogens with two attached hydrogens (primary N) is 1. The highest BCUT2D eigenvalue weighted by Crippen LogP contribution is 2.16. The Hall–Kier alpha value is -1.98. The van der Waals surface area contributed by atoms with Gasteiger partial charge in [0.2, 0.25) is 0 Å². The lowest BCUT2D eigenvalue weighted by atomic mass is 10.4. The molecule has 2 heterocycles. The summed E-state index contributed by atoms with van der Waals surface area (Å²) in [6.07, 6.45) is 4.29. The Balaban J connectivity index is 2.55. The first kappa shape index (κ1) is 6.71. The van der Waals surface area contributed by atoms with E-state index in [1.165, 1.54) is 18.7 Å². The summed E-state index contributed by atoms with van der Waals surface area (Å²) in [4.78, 5) is 11.5. The van der Waals surface area contributed by atoms with Crippen LogP contribution in [0.25, 0.3) is 11.6 Å². The average Bonchev–Trinajstić information content (AvgIpc) is 2.57. The van der Waals surface area contributed by atoms with Crippen LogP contribution in [0.4, 0.5) is 5.82 Å². The highest BCUT2D eigenvalue weighted by molar-refractivity contribution is 5.60. The Morgan fingerprint density at radius 2 is 2.00 bits per heavy atom. The molecule has 0 aromatic carbocycles. The highest BCUT2D eigenvalue weighted by atomic mass is 16.5. The topological polar surface area (TPSA) is 90.7 Å². The molecule has 6 heteroatoms. The normalized spacial score (nSPS) is 10.0. The number of aromatic nitrogens is 4. The molecule has 0 bridgehead atoms. The smallest absolute Gasteiger partial charge is 0.280 e. The molecule has 0 unspecified atom stereocenters. The number of nitrogen functional groups attached to an aromatic ring is 1. The first-order chi connectivity index (χ1) is 5.88. The molecule has 2 N–H and O–H groups in total. The van der Waals surface area contributed by atoms with E-state index in [2.05, 4.69) is 20.1 Å². The number of rotatable bonds is 1. The molecule has 2 aromatic heterocycles. The Kier molecular flexibility index (Phi) is 1.44. The van der Waals surface area contributed by atoms with Gasteiger partial charge in [-0.2, -0.15) is 4.98 Å². The van der Waals surface area contributed by atoms with Crippen LogP contribution < -0.4 is 5.73 Å². The Morgan fingerprint density at radius 3 is 2.67 bits per heavy atom. The molecule has 0 atom stereocenters. The van der Waals surface area contributed by atoms with Crippen LogP contribution in [-0.4, -0.2) is 20.1 Å². The molecule has 0 saturated heterocycles. The fourth-order valence-electron chi connectivity index (χ4n) is 0.791. The van der Waals surface area contributed by atoms with Gasteiger partial charge in [0.15, 0.2) is 17.8 Å². The SMILES string of the molecule is Nc1nccnc1-c1ncno1. The highest BCUT2D eigenvalue weighted by Gasteiger charge is 2.08. The lowest BCUT2D eigenvalue weighted by molar-refractivity contribution is 0.429. The molecule has 6 nitrogen and oxygen atoms in total. The van der Waals surface area contributed by atoms with Gasteiger partial charge < -0.3 is 10.3 Å². The average molecular weight is 163 g/mol. The molecule has 0 aliphatic carbocycles. The zero-order chi connectivity index (χ0) is 8.39. The molecule has 0 aliphatic heterocycles. The van der Waals surface area contributed by atoms with Crippen molar-refractivity contribution in [2.75, 3.05) is 5.73 Å². The second kappa shape index (κ2) is 2.57. The van der Waals surface area contributed by atoms with Crippen LogP contribution in [0.1, 0.15) is 0 Å². The predicted octanol–water partition coefficient (Wildman–Crippen LogP) is 0.109. The van der Waals surface area contributed by atoms with Gasteiger partial charge in [-0.05, 0) is 0 Å². The van der Waals surface area contributed by atoms with Gasteiger partial charge in [0.05, 0.1) is 0 Å². The second-order valence-electron chi connectivity index (χ2n) is 2.04. The van der Waals surface area contributed by atoms with E-state index in [0.717, 1.165) is 0 Å². The van der Waals surface area contributed by atoms with E-state index in [-0.39, 0.29) is 11.7 Å². The molecule has 0 amide bonds. The van der Waals surface area contributed by atoms with E-state index in [1.54, 1.807) is 0 Å². The summed E-state index contributed by atoms with van der Waals surface area (Å²) in [5, 5.41) is 3.43. The summed E-state index contributed by atoms with van der Waals surface area (Å²) in [5.74, 6) is 0.558. The van der Waals surface area contributed by atoms with Gasteiger partial charge in [-0.15, -0.1) is 0 Å². The summed E-state index contributed by atoms with van der Waals surface area (Å²) in [6.45, 7) is 0. The molecular weight excluding hydrogens is 158 g/mol. The summed E-state index contributed by atoms with van der Waals surface area (Å²) in [5.41, 5.74) is 5.92. The standard InChI is InChI=1S/C6H5N5O/c7-5-4(8-1-2-9-5)6-10-3-11-12-6/h1-3H,(H2,7,9). The van der Waals surface area contributed by atoms with Gasteiger partial charge in [-0.3, -0.25) is 0 Å². The largest absolute Gasteiger partial charge is 0.382 e. The summed E-state index contributed by atoms with van der Waals surface area (Å²) < 4.78 is 4.76. The molecule has 0 aliphatic rings. The van der Waals surface area contributed by atoms with Crippen LogP contribution in [0.2, 0.25) is 0 Å². The maximum Gasteiger partial charge on any atom is 0.280 e. The van der Waals surface area contributed by atoms with Gasteiger partial charge in [0, 0.05) is 12.4 Å². The number of hydrogen-bond donors (Lipinski definition) is 1. The summed E-state index contributed by atoms with van der Waals surface area (Å²) >= 11 is 0. The lowest BCUT2D eigenvalue weighted by Gasteiger charge is -1.94. The van der Waals surface area contributed by atoms with E-state index in [1.807, 2.05) is 0 Å². The minimum absolute atomic E-state index is 0.278. The van der Waals surface area contributed by atoms with E-state index in [4.69, 9.17) is 10.3 Å². The third-order valence-corrected chi connectivity index (χ3v) is 1.29. The van der Waals surface area contributed by atoms with E-state index >= 15 is 0 Å². The Labute approximate surface area is 67.5 Å². The first-order valence-electron chi connectivity index (χ1n) is 3.21. The van der Waals surface area contributed by atoms with Crippen molar-refractivity contribution in [3.8, 4) is 11.6 Å². The maximum atomic E-state index is 5.51. The van der Waals surface area contributed by atoms with E-state index < -0.39 is 0 Å². The van der Waals surface area contributed by atoms with Crippen molar-refractivity contribution in [2.24, 2.45) is 0 Å². The third kappa shape index (κ3) is 0.986. The molecule has 0 radical (unpaired) electrons.